The molecule has 8 nitrogen and oxygen atoms in total. The van der Waals surface area contributed by atoms with Crippen molar-refractivity contribution < 1.29 is 9.32 Å². The van der Waals surface area contributed by atoms with Crippen molar-refractivity contribution in [2.75, 3.05) is 13.6 Å². The topological polar surface area (TPSA) is 80.3 Å². The van der Waals surface area contributed by atoms with E-state index in [9.17, 15) is 4.79 Å². The molecule has 0 saturated heterocycles. The van der Waals surface area contributed by atoms with E-state index in [1.165, 1.54) is 6.42 Å². The van der Waals surface area contributed by atoms with Gasteiger partial charge in [-0.05, 0) is 32.4 Å². The SMILES string of the molecule is CCC(=O)N1CCCn2nc(CN(C)Cc3noc(C4CCC4)n3)cc2C1. The van der Waals surface area contributed by atoms with Crippen LogP contribution in [0.15, 0.2) is 10.6 Å². The Morgan fingerprint density at radius 1 is 1.30 bits per heavy atom. The average Bonchev–Trinajstić information content (AvgIpc) is 3.13. The Bertz CT molecular complexity index is 794. The zero-order valence-electron chi connectivity index (χ0n) is 16.2. The predicted molar refractivity (Wildman–Crippen MR) is 98.6 cm³/mol. The summed E-state index contributed by atoms with van der Waals surface area (Å²) in [6.07, 6.45) is 5.08. The number of carbonyl (C=O) groups is 1. The van der Waals surface area contributed by atoms with E-state index in [4.69, 9.17) is 9.62 Å². The molecule has 0 radical (unpaired) electrons. The molecular weight excluding hydrogens is 344 g/mol. The van der Waals surface area contributed by atoms with Crippen LogP contribution in [0.1, 0.15) is 68.0 Å². The van der Waals surface area contributed by atoms with Gasteiger partial charge in [-0.1, -0.05) is 18.5 Å². The second kappa shape index (κ2) is 7.80. The van der Waals surface area contributed by atoms with Gasteiger partial charge in [-0.15, -0.1) is 0 Å². The summed E-state index contributed by atoms with van der Waals surface area (Å²) < 4.78 is 7.45. The fraction of sp³-hybridized carbons (Fsp3) is 0.684. The van der Waals surface area contributed by atoms with Gasteiger partial charge < -0.3 is 9.42 Å². The van der Waals surface area contributed by atoms with Crippen molar-refractivity contribution in [1.29, 1.82) is 0 Å². The van der Waals surface area contributed by atoms with Gasteiger partial charge in [0.05, 0.1) is 24.5 Å². The molecule has 2 aromatic heterocycles. The highest BCUT2D eigenvalue weighted by Gasteiger charge is 2.25. The Kier molecular flexibility index (Phi) is 5.24. The van der Waals surface area contributed by atoms with Crippen molar-refractivity contribution in [2.24, 2.45) is 0 Å². The Labute approximate surface area is 159 Å². The largest absolute Gasteiger partial charge is 0.339 e. The molecular formula is C19H28N6O2. The normalized spacial score (nSPS) is 17.7. The molecule has 1 fully saturated rings. The minimum Gasteiger partial charge on any atom is -0.339 e. The number of hydrogen-bond donors (Lipinski definition) is 0. The van der Waals surface area contributed by atoms with Crippen LogP contribution in [-0.2, 0) is 31.0 Å². The van der Waals surface area contributed by atoms with Crippen molar-refractivity contribution >= 4 is 5.91 Å². The number of nitrogens with zero attached hydrogens (tertiary/aromatic N) is 6. The van der Waals surface area contributed by atoms with Gasteiger partial charge in [0.1, 0.15) is 0 Å². The smallest absolute Gasteiger partial charge is 0.229 e. The van der Waals surface area contributed by atoms with Crippen molar-refractivity contribution in [1.82, 2.24) is 29.7 Å². The maximum atomic E-state index is 12.1. The van der Waals surface area contributed by atoms with Crippen LogP contribution in [0.3, 0.4) is 0 Å². The van der Waals surface area contributed by atoms with Crippen LogP contribution >= 0.6 is 0 Å². The molecule has 0 aromatic carbocycles. The minimum atomic E-state index is 0.211. The van der Waals surface area contributed by atoms with Crippen molar-refractivity contribution in [3.63, 3.8) is 0 Å². The highest BCUT2D eigenvalue weighted by Crippen LogP contribution is 2.35. The van der Waals surface area contributed by atoms with Crippen molar-refractivity contribution in [3.05, 3.63) is 29.2 Å². The van der Waals surface area contributed by atoms with E-state index in [1.54, 1.807) is 0 Å². The molecule has 1 amide bonds. The summed E-state index contributed by atoms with van der Waals surface area (Å²) in [4.78, 5) is 20.7. The molecule has 0 bridgehead atoms. The molecule has 0 N–H and O–H groups in total. The summed E-state index contributed by atoms with van der Waals surface area (Å²) in [6.45, 7) is 5.60. The molecule has 2 aliphatic rings. The molecule has 1 aliphatic heterocycles. The van der Waals surface area contributed by atoms with Gasteiger partial charge in [0.15, 0.2) is 5.82 Å². The fourth-order valence-corrected chi connectivity index (χ4v) is 3.76. The number of amides is 1. The summed E-state index contributed by atoms with van der Waals surface area (Å²) in [6, 6.07) is 2.12. The van der Waals surface area contributed by atoms with Crippen LogP contribution in [0.5, 0.6) is 0 Å². The molecule has 8 heteroatoms. The van der Waals surface area contributed by atoms with Crippen LogP contribution in [0, 0.1) is 0 Å². The molecule has 4 rings (SSSR count). The van der Waals surface area contributed by atoms with E-state index >= 15 is 0 Å². The first-order valence-corrected chi connectivity index (χ1v) is 9.96. The summed E-state index contributed by atoms with van der Waals surface area (Å²) >= 11 is 0. The highest BCUT2D eigenvalue weighted by molar-refractivity contribution is 5.75. The minimum absolute atomic E-state index is 0.211. The van der Waals surface area contributed by atoms with Crippen LogP contribution in [0.25, 0.3) is 0 Å². The number of carbonyl (C=O) groups excluding carboxylic acids is 1. The summed E-state index contributed by atoms with van der Waals surface area (Å²) in [5.74, 6) is 2.20. The molecule has 2 aromatic rings. The molecule has 146 valence electrons. The monoisotopic (exact) mass is 372 g/mol. The maximum absolute atomic E-state index is 12.1. The van der Waals surface area contributed by atoms with E-state index in [2.05, 4.69) is 25.8 Å². The molecule has 3 heterocycles. The van der Waals surface area contributed by atoms with E-state index in [0.29, 0.717) is 25.4 Å². The molecule has 1 aliphatic carbocycles. The Hall–Kier alpha value is -2.22. The van der Waals surface area contributed by atoms with Crippen LogP contribution in [-0.4, -0.2) is 49.2 Å². The summed E-state index contributed by atoms with van der Waals surface area (Å²) in [7, 11) is 2.04. The van der Waals surface area contributed by atoms with Crippen molar-refractivity contribution in [3.8, 4) is 0 Å². The molecule has 0 spiro atoms. The van der Waals surface area contributed by atoms with Gasteiger partial charge in [-0.25, -0.2) is 0 Å². The Morgan fingerprint density at radius 2 is 2.15 bits per heavy atom. The van der Waals surface area contributed by atoms with Gasteiger partial charge in [0.25, 0.3) is 0 Å². The van der Waals surface area contributed by atoms with Gasteiger partial charge >= 0.3 is 0 Å². The standard InChI is InChI=1S/C19H28N6O2/c1-3-18(26)24-8-5-9-25-16(12-24)10-15(21-25)11-23(2)13-17-20-19(27-22-17)14-6-4-7-14/h10,14H,3-9,11-13H2,1-2H3. The molecule has 1 saturated carbocycles. The molecule has 0 unspecified atom stereocenters. The quantitative estimate of drug-likeness (QED) is 0.774. The number of rotatable bonds is 6. The lowest BCUT2D eigenvalue weighted by Gasteiger charge is -2.20. The Balaban J connectivity index is 1.37. The lowest BCUT2D eigenvalue weighted by Crippen LogP contribution is -2.29. The van der Waals surface area contributed by atoms with Gasteiger partial charge in [0.2, 0.25) is 11.8 Å². The van der Waals surface area contributed by atoms with E-state index in [1.807, 2.05) is 18.9 Å². The van der Waals surface area contributed by atoms with E-state index in [0.717, 1.165) is 62.0 Å². The third kappa shape index (κ3) is 4.05. The summed E-state index contributed by atoms with van der Waals surface area (Å²) in [5, 5.41) is 8.86. The first-order chi connectivity index (χ1) is 13.1. The second-order valence-electron chi connectivity index (χ2n) is 7.72. The predicted octanol–water partition coefficient (Wildman–Crippen LogP) is 2.31. The lowest BCUT2D eigenvalue weighted by molar-refractivity contribution is -0.131. The number of aryl methyl sites for hydroxylation is 1. The zero-order chi connectivity index (χ0) is 18.8. The first kappa shape index (κ1) is 18.2. The van der Waals surface area contributed by atoms with Crippen molar-refractivity contribution in [2.45, 2.75) is 71.1 Å². The highest BCUT2D eigenvalue weighted by atomic mass is 16.5. The fourth-order valence-electron chi connectivity index (χ4n) is 3.76. The van der Waals surface area contributed by atoms with Gasteiger partial charge in [0, 0.05) is 32.0 Å². The lowest BCUT2D eigenvalue weighted by atomic mass is 9.85. The number of aromatic nitrogens is 4. The van der Waals surface area contributed by atoms with Crippen LogP contribution in [0.2, 0.25) is 0 Å². The van der Waals surface area contributed by atoms with E-state index in [-0.39, 0.29) is 5.91 Å². The average molecular weight is 372 g/mol. The second-order valence-corrected chi connectivity index (χ2v) is 7.72. The third-order valence-corrected chi connectivity index (χ3v) is 5.50. The van der Waals surface area contributed by atoms with Crippen LogP contribution < -0.4 is 0 Å². The van der Waals surface area contributed by atoms with Gasteiger partial charge in [-0.3, -0.25) is 14.4 Å². The zero-order valence-corrected chi connectivity index (χ0v) is 16.2. The number of hydrogen-bond acceptors (Lipinski definition) is 6. The van der Waals surface area contributed by atoms with Gasteiger partial charge in [-0.2, -0.15) is 10.1 Å². The Morgan fingerprint density at radius 3 is 2.89 bits per heavy atom. The molecule has 27 heavy (non-hydrogen) atoms. The van der Waals surface area contributed by atoms with E-state index < -0.39 is 0 Å². The first-order valence-electron chi connectivity index (χ1n) is 9.96. The molecule has 0 atom stereocenters. The summed E-state index contributed by atoms with van der Waals surface area (Å²) in [5.41, 5.74) is 2.13. The maximum Gasteiger partial charge on any atom is 0.229 e. The number of fused-ring (bicyclic) bond motifs is 1. The third-order valence-electron chi connectivity index (χ3n) is 5.50. The van der Waals surface area contributed by atoms with Crippen LogP contribution in [0.4, 0.5) is 0 Å².